The lowest BCUT2D eigenvalue weighted by molar-refractivity contribution is -0.123. The molecule has 1 aromatic rings. The zero-order valence-corrected chi connectivity index (χ0v) is 13.4. The third kappa shape index (κ3) is 5.07. The van der Waals surface area contributed by atoms with Gasteiger partial charge in [-0.2, -0.15) is 0 Å². The van der Waals surface area contributed by atoms with Crippen LogP contribution < -0.4 is 11.1 Å². The molecular weight excluding hydrogens is 286 g/mol. The second-order valence-electron chi connectivity index (χ2n) is 5.42. The van der Waals surface area contributed by atoms with Crippen LogP contribution in [0, 0.1) is 0 Å². The van der Waals surface area contributed by atoms with Crippen molar-refractivity contribution in [1.29, 1.82) is 0 Å². The number of thiophene rings is 1. The summed E-state index contributed by atoms with van der Waals surface area (Å²) < 4.78 is 5.40. The fourth-order valence-corrected chi connectivity index (χ4v) is 3.46. The number of ether oxygens (including phenoxy) is 1. The maximum atomic E-state index is 12.0. The number of piperidine rings is 1. The molecule has 0 bridgehead atoms. The number of amides is 1. The normalized spacial score (nSPS) is 23.1. The van der Waals surface area contributed by atoms with Crippen molar-refractivity contribution in [1.82, 2.24) is 10.2 Å². The summed E-state index contributed by atoms with van der Waals surface area (Å²) in [4.78, 5) is 15.5. The van der Waals surface area contributed by atoms with E-state index in [0.29, 0.717) is 19.6 Å². The van der Waals surface area contributed by atoms with Crippen LogP contribution in [0.4, 0.5) is 0 Å². The van der Waals surface area contributed by atoms with E-state index in [-0.39, 0.29) is 18.1 Å². The molecule has 5 nitrogen and oxygen atoms in total. The molecule has 1 aliphatic rings. The lowest BCUT2D eigenvalue weighted by Gasteiger charge is -2.37. The molecule has 2 unspecified atom stereocenters. The van der Waals surface area contributed by atoms with Gasteiger partial charge in [0, 0.05) is 37.7 Å². The molecule has 0 aliphatic carbocycles. The average Bonchev–Trinajstić information content (AvgIpc) is 3.01. The molecule has 0 spiro atoms. The molecule has 1 aliphatic heterocycles. The van der Waals surface area contributed by atoms with Gasteiger partial charge in [0.05, 0.1) is 12.6 Å². The number of nitrogens with zero attached hydrogens (tertiary/aromatic N) is 1. The maximum absolute atomic E-state index is 12.0. The minimum absolute atomic E-state index is 0.0841. The zero-order valence-electron chi connectivity index (χ0n) is 12.6. The van der Waals surface area contributed by atoms with Crippen molar-refractivity contribution in [3.63, 3.8) is 0 Å². The number of likely N-dealkylation sites (tertiary alicyclic amines) is 1. The zero-order chi connectivity index (χ0) is 15.1. The molecule has 0 saturated carbocycles. The summed E-state index contributed by atoms with van der Waals surface area (Å²) in [5, 5.41) is 5.05. The van der Waals surface area contributed by atoms with E-state index >= 15 is 0 Å². The summed E-state index contributed by atoms with van der Waals surface area (Å²) in [6.45, 7) is 2.57. The molecule has 21 heavy (non-hydrogen) atoms. The highest BCUT2D eigenvalue weighted by Crippen LogP contribution is 2.18. The van der Waals surface area contributed by atoms with Crippen LogP contribution in [0.1, 0.15) is 17.7 Å². The topological polar surface area (TPSA) is 67.6 Å². The summed E-state index contributed by atoms with van der Waals surface area (Å²) in [5.41, 5.74) is 5.82. The lowest BCUT2D eigenvalue weighted by atomic mass is 9.99. The molecule has 1 saturated heterocycles. The first kappa shape index (κ1) is 16.4. The van der Waals surface area contributed by atoms with E-state index in [9.17, 15) is 4.79 Å². The largest absolute Gasteiger partial charge is 0.381 e. The van der Waals surface area contributed by atoms with Crippen LogP contribution in [-0.2, 0) is 16.0 Å². The van der Waals surface area contributed by atoms with Gasteiger partial charge in [0.15, 0.2) is 0 Å². The number of nitrogens with one attached hydrogen (secondary N) is 1. The van der Waals surface area contributed by atoms with Crippen molar-refractivity contribution in [3.8, 4) is 0 Å². The van der Waals surface area contributed by atoms with Gasteiger partial charge in [-0.25, -0.2) is 0 Å². The summed E-state index contributed by atoms with van der Waals surface area (Å²) in [6, 6.07) is 4.37. The van der Waals surface area contributed by atoms with Crippen LogP contribution in [0.2, 0.25) is 0 Å². The van der Waals surface area contributed by atoms with Gasteiger partial charge >= 0.3 is 0 Å². The smallest absolute Gasteiger partial charge is 0.234 e. The highest BCUT2D eigenvalue weighted by molar-refractivity contribution is 7.09. The van der Waals surface area contributed by atoms with Crippen molar-refractivity contribution in [2.45, 2.75) is 31.4 Å². The molecule has 118 valence electrons. The Labute approximate surface area is 130 Å². The summed E-state index contributed by atoms with van der Waals surface area (Å²) >= 11 is 1.72. The molecule has 2 heterocycles. The standard InChI is InChI=1S/C15H25N3O2S/c1-20-13-5-7-18(12(9-13)10-16)11-15(19)17-6-4-14-3-2-8-21-14/h2-3,8,12-13H,4-7,9-11,16H2,1H3,(H,17,19). The molecule has 2 atom stereocenters. The van der Waals surface area contributed by atoms with Crippen molar-refractivity contribution >= 4 is 17.2 Å². The first-order valence-electron chi connectivity index (χ1n) is 7.49. The van der Waals surface area contributed by atoms with Crippen LogP contribution >= 0.6 is 11.3 Å². The molecule has 3 N–H and O–H groups in total. The van der Waals surface area contributed by atoms with E-state index < -0.39 is 0 Å². The second kappa shape index (κ2) is 8.48. The number of hydrogen-bond donors (Lipinski definition) is 2. The van der Waals surface area contributed by atoms with Gasteiger partial charge in [-0.1, -0.05) is 6.07 Å². The van der Waals surface area contributed by atoms with E-state index in [1.807, 2.05) is 6.07 Å². The van der Waals surface area contributed by atoms with Gasteiger partial charge in [-0.05, 0) is 30.7 Å². The SMILES string of the molecule is COC1CCN(CC(=O)NCCc2cccs2)C(CN)C1. The van der Waals surface area contributed by atoms with Crippen LogP contribution in [0.25, 0.3) is 0 Å². The van der Waals surface area contributed by atoms with Crippen molar-refractivity contribution in [3.05, 3.63) is 22.4 Å². The Morgan fingerprint density at radius 1 is 1.62 bits per heavy atom. The van der Waals surface area contributed by atoms with Gasteiger partial charge in [-0.15, -0.1) is 11.3 Å². The first-order valence-corrected chi connectivity index (χ1v) is 8.37. The van der Waals surface area contributed by atoms with Crippen LogP contribution in [0.15, 0.2) is 17.5 Å². The highest BCUT2D eigenvalue weighted by Gasteiger charge is 2.28. The molecule has 1 aromatic heterocycles. The van der Waals surface area contributed by atoms with E-state index in [0.717, 1.165) is 25.8 Å². The quantitative estimate of drug-likeness (QED) is 0.783. The molecule has 1 fully saturated rings. The molecule has 6 heteroatoms. The van der Waals surface area contributed by atoms with Gasteiger partial charge in [-0.3, -0.25) is 9.69 Å². The summed E-state index contributed by atoms with van der Waals surface area (Å²) in [7, 11) is 1.74. The number of rotatable bonds is 7. The van der Waals surface area contributed by atoms with E-state index in [1.165, 1.54) is 4.88 Å². The number of nitrogens with two attached hydrogens (primary N) is 1. The Bertz CT molecular complexity index is 425. The highest BCUT2D eigenvalue weighted by atomic mass is 32.1. The van der Waals surface area contributed by atoms with Crippen molar-refractivity contribution < 1.29 is 9.53 Å². The number of carbonyl (C=O) groups is 1. The fourth-order valence-electron chi connectivity index (χ4n) is 2.75. The van der Waals surface area contributed by atoms with Gasteiger partial charge in [0.1, 0.15) is 0 Å². The maximum Gasteiger partial charge on any atom is 0.234 e. The number of methoxy groups -OCH3 is 1. The van der Waals surface area contributed by atoms with Crippen LogP contribution in [0.3, 0.4) is 0 Å². The van der Waals surface area contributed by atoms with Crippen LogP contribution in [0.5, 0.6) is 0 Å². The predicted octanol–water partition coefficient (Wildman–Crippen LogP) is 0.845. The minimum Gasteiger partial charge on any atom is -0.381 e. The Morgan fingerprint density at radius 2 is 2.48 bits per heavy atom. The molecule has 1 amide bonds. The molecule has 2 rings (SSSR count). The van der Waals surface area contributed by atoms with Gasteiger partial charge in [0.25, 0.3) is 0 Å². The average molecular weight is 311 g/mol. The van der Waals surface area contributed by atoms with Crippen molar-refractivity contribution in [2.75, 3.05) is 33.3 Å². The Kier molecular flexibility index (Phi) is 6.63. The number of hydrogen-bond acceptors (Lipinski definition) is 5. The number of carbonyl (C=O) groups excluding carboxylic acids is 1. The van der Waals surface area contributed by atoms with Gasteiger partial charge in [0.2, 0.25) is 5.91 Å². The minimum atomic E-state index is 0.0841. The third-order valence-electron chi connectivity index (χ3n) is 4.02. The molecule has 0 radical (unpaired) electrons. The Morgan fingerprint density at radius 3 is 3.14 bits per heavy atom. The fraction of sp³-hybridized carbons (Fsp3) is 0.667. The summed E-state index contributed by atoms with van der Waals surface area (Å²) in [5.74, 6) is 0.0841. The second-order valence-corrected chi connectivity index (χ2v) is 6.45. The molecule has 0 aromatic carbocycles. The lowest BCUT2D eigenvalue weighted by Crippen LogP contribution is -2.51. The third-order valence-corrected chi connectivity index (χ3v) is 4.95. The predicted molar refractivity (Wildman–Crippen MR) is 85.5 cm³/mol. The summed E-state index contributed by atoms with van der Waals surface area (Å²) in [6.07, 6.45) is 3.05. The first-order chi connectivity index (χ1) is 10.2. The van der Waals surface area contributed by atoms with E-state index in [1.54, 1.807) is 18.4 Å². The Balaban J connectivity index is 1.71. The monoisotopic (exact) mass is 311 g/mol. The van der Waals surface area contributed by atoms with E-state index in [2.05, 4.69) is 21.7 Å². The van der Waals surface area contributed by atoms with Crippen molar-refractivity contribution in [2.24, 2.45) is 5.73 Å². The van der Waals surface area contributed by atoms with Crippen LogP contribution in [-0.4, -0.2) is 56.2 Å². The van der Waals surface area contributed by atoms with Gasteiger partial charge < -0.3 is 15.8 Å². The molecular formula is C15H25N3O2S. The van der Waals surface area contributed by atoms with E-state index in [4.69, 9.17) is 10.5 Å². The Hall–Kier alpha value is -0.950.